The number of thiazole rings is 1. The highest BCUT2D eigenvalue weighted by atomic mass is 32.1. The molecule has 1 aliphatic heterocycles. The van der Waals surface area contributed by atoms with E-state index >= 15 is 0 Å². The lowest BCUT2D eigenvalue weighted by Crippen LogP contribution is -2.43. The first kappa shape index (κ1) is 20.3. The first-order valence-electron chi connectivity index (χ1n) is 9.88. The summed E-state index contributed by atoms with van der Waals surface area (Å²) in [5.74, 6) is 0.875. The molecule has 0 spiro atoms. The van der Waals surface area contributed by atoms with Crippen LogP contribution in [0.25, 0.3) is 0 Å². The van der Waals surface area contributed by atoms with Crippen molar-refractivity contribution >= 4 is 28.6 Å². The molecule has 2 N–H and O–H groups in total. The van der Waals surface area contributed by atoms with E-state index in [1.165, 1.54) is 46.4 Å². The van der Waals surface area contributed by atoms with Crippen LogP contribution in [0.4, 0.5) is 0 Å². The van der Waals surface area contributed by atoms with Gasteiger partial charge in [-0.2, -0.15) is 0 Å². The molecule has 0 radical (unpaired) electrons. The number of nitrogens with one attached hydrogen (secondary N) is 2. The van der Waals surface area contributed by atoms with E-state index in [-0.39, 0.29) is 0 Å². The van der Waals surface area contributed by atoms with Gasteiger partial charge in [0.2, 0.25) is 0 Å². The van der Waals surface area contributed by atoms with Gasteiger partial charge in [-0.1, -0.05) is 13.0 Å². The summed E-state index contributed by atoms with van der Waals surface area (Å²) in [5.41, 5.74) is 1.24. The van der Waals surface area contributed by atoms with E-state index in [4.69, 9.17) is 4.98 Å². The van der Waals surface area contributed by atoms with Crippen molar-refractivity contribution in [1.29, 1.82) is 0 Å². The molecule has 1 unspecified atom stereocenters. The van der Waals surface area contributed by atoms with Gasteiger partial charge >= 0.3 is 0 Å². The van der Waals surface area contributed by atoms with Gasteiger partial charge in [0, 0.05) is 36.3 Å². The molecule has 0 bridgehead atoms. The Labute approximate surface area is 170 Å². The van der Waals surface area contributed by atoms with Gasteiger partial charge in [0.15, 0.2) is 5.96 Å². The molecular weight excluding hydrogens is 374 g/mol. The molecule has 0 saturated carbocycles. The number of guanidine groups is 1. The Bertz CT molecular complexity index is 717. The summed E-state index contributed by atoms with van der Waals surface area (Å²) in [6, 6.07) is 4.83. The average molecular weight is 406 g/mol. The lowest BCUT2D eigenvalue weighted by molar-refractivity contribution is 0.249. The molecule has 2 aromatic heterocycles. The Hall–Kier alpha value is -1.44. The quantitative estimate of drug-likeness (QED) is 0.520. The zero-order valence-electron chi connectivity index (χ0n) is 16.6. The second-order valence-electron chi connectivity index (χ2n) is 6.87. The Morgan fingerprint density at radius 3 is 2.78 bits per heavy atom. The summed E-state index contributed by atoms with van der Waals surface area (Å²) in [4.78, 5) is 14.5. The van der Waals surface area contributed by atoms with Crippen LogP contribution < -0.4 is 10.6 Å². The maximum Gasteiger partial charge on any atom is 0.191 e. The molecule has 148 valence electrons. The number of rotatable bonds is 8. The molecule has 3 heterocycles. The summed E-state index contributed by atoms with van der Waals surface area (Å²) < 4.78 is 0. The molecule has 0 aliphatic carbocycles. The normalized spacial score (nSPS) is 16.6. The minimum atomic E-state index is 0.430. The van der Waals surface area contributed by atoms with Crippen molar-refractivity contribution in [1.82, 2.24) is 20.5 Å². The summed E-state index contributed by atoms with van der Waals surface area (Å²) in [6.45, 7) is 8.45. The van der Waals surface area contributed by atoms with Gasteiger partial charge in [-0.25, -0.2) is 4.98 Å². The maximum atomic E-state index is 4.72. The third kappa shape index (κ3) is 5.53. The predicted octanol–water partition coefficient (Wildman–Crippen LogP) is 3.62. The molecule has 7 heteroatoms. The fraction of sp³-hybridized carbons (Fsp3) is 0.600. The number of thiophene rings is 1. The molecule has 0 aromatic carbocycles. The van der Waals surface area contributed by atoms with Gasteiger partial charge in [-0.15, -0.1) is 22.7 Å². The highest BCUT2D eigenvalue weighted by molar-refractivity contribution is 7.11. The molecule has 2 aromatic rings. The van der Waals surface area contributed by atoms with Gasteiger partial charge < -0.3 is 10.6 Å². The van der Waals surface area contributed by atoms with Crippen molar-refractivity contribution in [3.8, 4) is 0 Å². The molecule has 1 aliphatic rings. The van der Waals surface area contributed by atoms with Gasteiger partial charge in [0.05, 0.1) is 16.7 Å². The van der Waals surface area contributed by atoms with Crippen molar-refractivity contribution in [2.45, 2.75) is 45.6 Å². The standard InChI is InChI=1S/C20H31N5S2/c1-4-16-15(2)27-19(24-16)9-10-22-20(21-3)23-14-17(18-8-7-13-26-18)25-11-5-6-12-25/h7-8,13,17H,4-6,9-12,14H2,1-3H3,(H2,21,22,23). The summed E-state index contributed by atoms with van der Waals surface area (Å²) in [6.07, 6.45) is 4.57. The van der Waals surface area contributed by atoms with E-state index in [9.17, 15) is 0 Å². The Balaban J connectivity index is 1.50. The van der Waals surface area contributed by atoms with Gasteiger partial charge in [0.1, 0.15) is 0 Å². The zero-order valence-corrected chi connectivity index (χ0v) is 18.3. The number of nitrogens with zero attached hydrogens (tertiary/aromatic N) is 3. The van der Waals surface area contributed by atoms with Crippen LogP contribution in [0, 0.1) is 6.92 Å². The van der Waals surface area contributed by atoms with E-state index in [0.717, 1.165) is 31.9 Å². The topological polar surface area (TPSA) is 52.6 Å². The van der Waals surface area contributed by atoms with Gasteiger partial charge in [-0.3, -0.25) is 9.89 Å². The van der Waals surface area contributed by atoms with Crippen LogP contribution in [0.1, 0.15) is 46.3 Å². The minimum absolute atomic E-state index is 0.430. The van der Waals surface area contributed by atoms with E-state index in [0.29, 0.717) is 6.04 Å². The molecule has 1 fully saturated rings. The third-order valence-electron chi connectivity index (χ3n) is 5.04. The monoisotopic (exact) mass is 405 g/mol. The lowest BCUT2D eigenvalue weighted by atomic mass is 10.2. The highest BCUT2D eigenvalue weighted by Gasteiger charge is 2.24. The zero-order chi connectivity index (χ0) is 19.1. The Morgan fingerprint density at radius 1 is 1.33 bits per heavy atom. The number of aliphatic imine (C=N–C) groups is 1. The minimum Gasteiger partial charge on any atom is -0.356 e. The summed E-state index contributed by atoms with van der Waals surface area (Å²) in [5, 5.41) is 10.4. The van der Waals surface area contributed by atoms with Crippen molar-refractivity contribution < 1.29 is 0 Å². The van der Waals surface area contributed by atoms with Crippen LogP contribution in [0.5, 0.6) is 0 Å². The van der Waals surface area contributed by atoms with Crippen molar-refractivity contribution in [2.75, 3.05) is 33.2 Å². The van der Waals surface area contributed by atoms with Gasteiger partial charge in [-0.05, 0) is 50.7 Å². The van der Waals surface area contributed by atoms with Gasteiger partial charge in [0.25, 0.3) is 0 Å². The lowest BCUT2D eigenvalue weighted by Gasteiger charge is -2.27. The smallest absolute Gasteiger partial charge is 0.191 e. The first-order chi connectivity index (χ1) is 13.2. The molecule has 3 rings (SSSR count). The van der Waals surface area contributed by atoms with E-state index < -0.39 is 0 Å². The van der Waals surface area contributed by atoms with Crippen LogP contribution in [0.15, 0.2) is 22.5 Å². The second kappa shape index (κ2) is 10.2. The maximum absolute atomic E-state index is 4.72. The van der Waals surface area contributed by atoms with E-state index in [1.54, 1.807) is 0 Å². The summed E-state index contributed by atoms with van der Waals surface area (Å²) in [7, 11) is 1.84. The number of hydrogen-bond acceptors (Lipinski definition) is 5. The first-order valence-corrected chi connectivity index (χ1v) is 11.6. The molecule has 1 atom stereocenters. The van der Waals surface area contributed by atoms with Crippen LogP contribution in [0.3, 0.4) is 0 Å². The number of aromatic nitrogens is 1. The van der Waals surface area contributed by atoms with Crippen molar-refractivity contribution in [3.63, 3.8) is 0 Å². The molecular formula is C20H31N5S2. The Morgan fingerprint density at radius 2 is 2.15 bits per heavy atom. The Kier molecular flexibility index (Phi) is 7.67. The van der Waals surface area contributed by atoms with Crippen molar-refractivity contribution in [3.05, 3.63) is 38.0 Å². The molecule has 5 nitrogen and oxygen atoms in total. The van der Waals surface area contributed by atoms with Crippen LogP contribution >= 0.6 is 22.7 Å². The second-order valence-corrected chi connectivity index (χ2v) is 9.14. The fourth-order valence-electron chi connectivity index (χ4n) is 3.57. The third-order valence-corrected chi connectivity index (χ3v) is 7.09. The predicted molar refractivity (Wildman–Crippen MR) is 117 cm³/mol. The number of likely N-dealkylation sites (tertiary alicyclic amines) is 1. The van der Waals surface area contributed by atoms with Crippen LogP contribution in [-0.2, 0) is 12.8 Å². The molecule has 0 amide bonds. The average Bonchev–Trinajstić information content (AvgIpc) is 3.43. The van der Waals surface area contributed by atoms with Crippen LogP contribution in [0.2, 0.25) is 0 Å². The molecule has 1 saturated heterocycles. The molecule has 27 heavy (non-hydrogen) atoms. The number of aryl methyl sites for hydroxylation is 2. The number of hydrogen-bond donors (Lipinski definition) is 2. The SMILES string of the molecule is CCc1nc(CCNC(=NC)NCC(c2cccs2)N2CCCC2)sc1C. The highest BCUT2D eigenvalue weighted by Crippen LogP contribution is 2.27. The van der Waals surface area contributed by atoms with Crippen LogP contribution in [-0.4, -0.2) is 49.1 Å². The van der Waals surface area contributed by atoms with E-state index in [1.807, 2.05) is 29.7 Å². The van der Waals surface area contributed by atoms with E-state index in [2.05, 4.69) is 51.9 Å². The fourth-order valence-corrected chi connectivity index (χ4v) is 5.45. The largest absolute Gasteiger partial charge is 0.356 e. The van der Waals surface area contributed by atoms with Crippen molar-refractivity contribution in [2.24, 2.45) is 4.99 Å². The summed E-state index contributed by atoms with van der Waals surface area (Å²) >= 11 is 3.66.